The fraction of sp³-hybridized carbons (Fsp3) is 0.900. The number of piperidine rings is 1. The summed E-state index contributed by atoms with van der Waals surface area (Å²) in [6.45, 7) is 5.33. The molecule has 3 aliphatic rings. The molecule has 3 fully saturated rings. The molecule has 0 aromatic rings. The molecule has 1 atom stereocenters. The number of hydrogen-bond acceptors (Lipinski definition) is 4. The zero-order valence-electron chi connectivity index (χ0n) is 15.8. The number of esters is 1. The van der Waals surface area contributed by atoms with Crippen molar-refractivity contribution in [1.82, 2.24) is 9.80 Å². The second kappa shape index (κ2) is 9.02. The van der Waals surface area contributed by atoms with E-state index in [9.17, 15) is 9.59 Å². The normalized spacial score (nSPS) is 26.8. The topological polar surface area (TPSA) is 49.9 Å². The van der Waals surface area contributed by atoms with Gasteiger partial charge in [-0.1, -0.05) is 19.3 Å². The molecule has 1 unspecified atom stereocenters. The lowest BCUT2D eigenvalue weighted by molar-refractivity contribution is -0.151. The average Bonchev–Trinajstić information content (AvgIpc) is 3.11. The van der Waals surface area contributed by atoms with Gasteiger partial charge in [0.2, 0.25) is 5.91 Å². The predicted octanol–water partition coefficient (Wildman–Crippen LogP) is 2.83. The Hall–Kier alpha value is -1.10. The van der Waals surface area contributed by atoms with E-state index in [2.05, 4.69) is 4.90 Å². The van der Waals surface area contributed by atoms with E-state index in [0.29, 0.717) is 32.3 Å². The first-order valence-electron chi connectivity index (χ1n) is 10.4. The van der Waals surface area contributed by atoms with Crippen molar-refractivity contribution < 1.29 is 14.3 Å². The molecule has 5 nitrogen and oxygen atoms in total. The second-order valence-electron chi connectivity index (χ2n) is 7.99. The van der Waals surface area contributed by atoms with Gasteiger partial charge in [-0.3, -0.25) is 14.5 Å². The maximum atomic E-state index is 12.8. The van der Waals surface area contributed by atoms with Crippen LogP contribution in [0.1, 0.15) is 64.7 Å². The summed E-state index contributed by atoms with van der Waals surface area (Å²) in [5.41, 5.74) is 0. The second-order valence-corrected chi connectivity index (χ2v) is 7.99. The van der Waals surface area contributed by atoms with Gasteiger partial charge in [-0.05, 0) is 57.9 Å². The van der Waals surface area contributed by atoms with Crippen LogP contribution in [0.15, 0.2) is 0 Å². The van der Waals surface area contributed by atoms with Crippen molar-refractivity contribution in [1.29, 1.82) is 0 Å². The number of hydrogen-bond donors (Lipinski definition) is 0. The largest absolute Gasteiger partial charge is 0.466 e. The Labute approximate surface area is 152 Å². The molecule has 0 radical (unpaired) electrons. The van der Waals surface area contributed by atoms with Crippen molar-refractivity contribution in [3.63, 3.8) is 0 Å². The van der Waals surface area contributed by atoms with Gasteiger partial charge < -0.3 is 9.64 Å². The van der Waals surface area contributed by atoms with E-state index >= 15 is 0 Å². The van der Waals surface area contributed by atoms with Crippen LogP contribution in [-0.2, 0) is 14.3 Å². The molecule has 0 spiro atoms. The first-order valence-corrected chi connectivity index (χ1v) is 10.4. The smallest absolute Gasteiger partial charge is 0.309 e. The van der Waals surface area contributed by atoms with Crippen molar-refractivity contribution in [2.75, 3.05) is 32.8 Å². The molecule has 0 aromatic carbocycles. The summed E-state index contributed by atoms with van der Waals surface area (Å²) < 4.78 is 5.12. The van der Waals surface area contributed by atoms with Crippen LogP contribution in [-0.4, -0.2) is 60.5 Å². The molecular weight excluding hydrogens is 316 g/mol. The Morgan fingerprint density at radius 1 is 0.920 bits per heavy atom. The molecule has 0 aromatic heterocycles. The highest BCUT2D eigenvalue weighted by Gasteiger charge is 2.35. The summed E-state index contributed by atoms with van der Waals surface area (Å²) in [6.07, 6.45) is 10.8. The summed E-state index contributed by atoms with van der Waals surface area (Å²) >= 11 is 0. The number of likely N-dealkylation sites (tertiary alicyclic amines) is 2. The lowest BCUT2D eigenvalue weighted by Gasteiger charge is -2.36. The minimum atomic E-state index is -0.0912. The summed E-state index contributed by atoms with van der Waals surface area (Å²) in [5, 5.41) is 0. The summed E-state index contributed by atoms with van der Waals surface area (Å²) in [6, 6.07) is 0.626. The predicted molar refractivity (Wildman–Crippen MR) is 97.1 cm³/mol. The fourth-order valence-electron chi connectivity index (χ4n) is 5.00. The Balaban J connectivity index is 1.46. The standard InChI is InChI=1S/C20H34N2O3/c1-2-25-20(24)17-10-13-21(14-11-17)19(23)15-22-12-6-9-18(22)16-7-4-3-5-8-16/h16-18H,2-15H2,1H3. The van der Waals surface area contributed by atoms with E-state index in [-0.39, 0.29) is 17.8 Å². The molecule has 0 N–H and O–H groups in total. The third-order valence-electron chi connectivity index (χ3n) is 6.41. The van der Waals surface area contributed by atoms with E-state index in [1.54, 1.807) is 0 Å². The van der Waals surface area contributed by atoms with E-state index in [0.717, 1.165) is 25.3 Å². The molecule has 3 rings (SSSR count). The molecule has 1 saturated carbocycles. The van der Waals surface area contributed by atoms with Gasteiger partial charge in [-0.2, -0.15) is 0 Å². The van der Waals surface area contributed by atoms with Crippen LogP contribution in [0.3, 0.4) is 0 Å². The van der Waals surface area contributed by atoms with Crippen LogP contribution in [0.5, 0.6) is 0 Å². The van der Waals surface area contributed by atoms with Gasteiger partial charge in [0.25, 0.3) is 0 Å². The van der Waals surface area contributed by atoms with Crippen molar-refractivity contribution in [2.45, 2.75) is 70.8 Å². The summed E-state index contributed by atoms with van der Waals surface area (Å²) in [7, 11) is 0. The number of carbonyl (C=O) groups is 2. The van der Waals surface area contributed by atoms with Crippen molar-refractivity contribution in [3.8, 4) is 0 Å². The number of nitrogens with zero attached hydrogens (tertiary/aromatic N) is 2. The number of carbonyl (C=O) groups excluding carboxylic acids is 2. The van der Waals surface area contributed by atoms with Crippen molar-refractivity contribution in [3.05, 3.63) is 0 Å². The highest BCUT2D eigenvalue weighted by Crippen LogP contribution is 2.34. The van der Waals surface area contributed by atoms with E-state index in [4.69, 9.17) is 4.74 Å². The molecule has 2 aliphatic heterocycles. The maximum Gasteiger partial charge on any atom is 0.309 e. The van der Waals surface area contributed by atoms with Crippen LogP contribution in [0.25, 0.3) is 0 Å². The molecule has 25 heavy (non-hydrogen) atoms. The van der Waals surface area contributed by atoms with Gasteiger partial charge in [0, 0.05) is 19.1 Å². The first kappa shape index (κ1) is 18.7. The van der Waals surface area contributed by atoms with E-state index in [1.807, 2.05) is 11.8 Å². The van der Waals surface area contributed by atoms with Crippen LogP contribution in [0, 0.1) is 11.8 Å². The summed E-state index contributed by atoms with van der Waals surface area (Å²) in [5.74, 6) is 0.945. The van der Waals surface area contributed by atoms with Gasteiger partial charge in [0.15, 0.2) is 0 Å². The third-order valence-corrected chi connectivity index (χ3v) is 6.41. The van der Waals surface area contributed by atoms with Crippen LogP contribution in [0.4, 0.5) is 0 Å². The van der Waals surface area contributed by atoms with Crippen LogP contribution < -0.4 is 0 Å². The van der Waals surface area contributed by atoms with Gasteiger partial charge >= 0.3 is 5.97 Å². The highest BCUT2D eigenvalue weighted by atomic mass is 16.5. The fourth-order valence-corrected chi connectivity index (χ4v) is 5.00. The zero-order valence-corrected chi connectivity index (χ0v) is 15.8. The molecule has 2 heterocycles. The monoisotopic (exact) mass is 350 g/mol. The minimum Gasteiger partial charge on any atom is -0.466 e. The number of ether oxygens (including phenoxy) is 1. The SMILES string of the molecule is CCOC(=O)C1CCN(C(=O)CN2CCCC2C2CCCCC2)CC1. The van der Waals surface area contributed by atoms with Crippen molar-refractivity contribution in [2.24, 2.45) is 11.8 Å². The summed E-state index contributed by atoms with van der Waals surface area (Å²) in [4.78, 5) is 29.0. The Morgan fingerprint density at radius 2 is 1.64 bits per heavy atom. The minimum absolute atomic E-state index is 0.0224. The molecule has 2 saturated heterocycles. The molecule has 142 valence electrons. The first-order chi connectivity index (χ1) is 12.2. The number of rotatable bonds is 5. The van der Waals surface area contributed by atoms with Crippen LogP contribution in [0.2, 0.25) is 0 Å². The molecular formula is C20H34N2O3. The molecule has 1 aliphatic carbocycles. The number of amides is 1. The molecule has 0 bridgehead atoms. The third kappa shape index (κ3) is 4.75. The molecule has 1 amide bonds. The van der Waals surface area contributed by atoms with Gasteiger partial charge in [-0.25, -0.2) is 0 Å². The van der Waals surface area contributed by atoms with Crippen molar-refractivity contribution >= 4 is 11.9 Å². The maximum absolute atomic E-state index is 12.8. The quantitative estimate of drug-likeness (QED) is 0.716. The Morgan fingerprint density at radius 3 is 2.32 bits per heavy atom. The van der Waals surface area contributed by atoms with Crippen LogP contribution >= 0.6 is 0 Å². The molecule has 5 heteroatoms. The van der Waals surface area contributed by atoms with E-state index < -0.39 is 0 Å². The zero-order chi connectivity index (χ0) is 17.6. The van der Waals surface area contributed by atoms with Gasteiger partial charge in [0.05, 0.1) is 19.1 Å². The lowest BCUT2D eigenvalue weighted by Crippen LogP contribution is -2.47. The van der Waals surface area contributed by atoms with Gasteiger partial charge in [-0.15, -0.1) is 0 Å². The highest BCUT2D eigenvalue weighted by molar-refractivity contribution is 5.79. The van der Waals surface area contributed by atoms with E-state index in [1.165, 1.54) is 44.9 Å². The Bertz CT molecular complexity index is 454. The lowest BCUT2D eigenvalue weighted by atomic mass is 9.83. The van der Waals surface area contributed by atoms with Gasteiger partial charge in [0.1, 0.15) is 0 Å². The Kier molecular flexibility index (Phi) is 6.74. The average molecular weight is 351 g/mol.